The highest BCUT2D eigenvalue weighted by Crippen LogP contribution is 2.29. The molecule has 0 atom stereocenters. The zero-order valence-electron chi connectivity index (χ0n) is 18.8. The molecule has 6 N–H and O–H groups in total. The number of carbonyl (C=O) groups excluding carboxylic acids is 3. The number of aldehydes is 1. The van der Waals surface area contributed by atoms with E-state index in [1.54, 1.807) is 30.3 Å². The Balaban J connectivity index is 1.94. The van der Waals surface area contributed by atoms with Gasteiger partial charge < -0.3 is 21.5 Å². The number of amides is 2. The zero-order chi connectivity index (χ0) is 24.8. The van der Waals surface area contributed by atoms with Gasteiger partial charge in [-0.15, -0.1) is 0 Å². The first-order valence-corrected chi connectivity index (χ1v) is 10.5. The standard InChI is InChI=1S/C25H25N5O4/c1-14(2)12-28-25(34)21-10-9-19(22(13-31)30-21)18-8-7-17(32)11-20(18)24(33)29-16-5-3-15(4-6-16)23(26)27/h3-11,13-14,32H,12H2,1-2H3,(H3,26,27)(H,28,34)(H,29,33). The maximum absolute atomic E-state index is 13.0. The van der Waals surface area contributed by atoms with Crippen LogP contribution in [0.5, 0.6) is 5.75 Å². The van der Waals surface area contributed by atoms with Crippen molar-refractivity contribution in [1.29, 1.82) is 5.41 Å². The number of carbonyl (C=O) groups is 3. The monoisotopic (exact) mass is 459 g/mol. The van der Waals surface area contributed by atoms with E-state index in [9.17, 15) is 19.5 Å². The van der Waals surface area contributed by atoms with Crippen LogP contribution in [0, 0.1) is 11.3 Å². The minimum absolute atomic E-state index is 0.0113. The lowest BCUT2D eigenvalue weighted by Crippen LogP contribution is -2.28. The Labute approximate surface area is 196 Å². The summed E-state index contributed by atoms with van der Waals surface area (Å²) in [5.74, 6) is -0.905. The number of phenolic OH excluding ortho intramolecular Hbond substituents is 1. The first kappa shape index (κ1) is 24.1. The number of amidine groups is 1. The lowest BCUT2D eigenvalue weighted by atomic mass is 9.97. The van der Waals surface area contributed by atoms with Gasteiger partial charge >= 0.3 is 0 Å². The minimum Gasteiger partial charge on any atom is -0.508 e. The molecular weight excluding hydrogens is 434 g/mol. The van der Waals surface area contributed by atoms with Crippen LogP contribution in [0.25, 0.3) is 11.1 Å². The summed E-state index contributed by atoms with van der Waals surface area (Å²) in [6, 6.07) is 13.6. The highest BCUT2D eigenvalue weighted by atomic mass is 16.3. The lowest BCUT2D eigenvalue weighted by molar-refractivity contribution is 0.0943. The Morgan fingerprint density at radius 1 is 1.06 bits per heavy atom. The van der Waals surface area contributed by atoms with E-state index in [1.807, 2.05) is 13.8 Å². The summed E-state index contributed by atoms with van der Waals surface area (Å²) in [6.45, 7) is 4.39. The molecule has 174 valence electrons. The number of hydrogen-bond acceptors (Lipinski definition) is 6. The van der Waals surface area contributed by atoms with Crippen LogP contribution in [0.1, 0.15) is 50.7 Å². The molecule has 3 rings (SSSR count). The fourth-order valence-corrected chi connectivity index (χ4v) is 3.19. The second-order valence-electron chi connectivity index (χ2n) is 8.03. The maximum Gasteiger partial charge on any atom is 0.269 e. The van der Waals surface area contributed by atoms with Crippen LogP contribution in [0.15, 0.2) is 54.6 Å². The molecule has 2 amide bonds. The number of aromatic nitrogens is 1. The van der Waals surface area contributed by atoms with Gasteiger partial charge in [-0.2, -0.15) is 0 Å². The molecule has 0 aliphatic rings. The molecule has 0 fully saturated rings. The van der Waals surface area contributed by atoms with Gasteiger partial charge in [-0.25, -0.2) is 4.98 Å². The summed E-state index contributed by atoms with van der Waals surface area (Å²) in [5.41, 5.74) is 7.30. The van der Waals surface area contributed by atoms with Crippen molar-refractivity contribution in [3.8, 4) is 16.9 Å². The van der Waals surface area contributed by atoms with E-state index in [1.165, 1.54) is 24.3 Å². The number of pyridine rings is 1. The molecule has 0 unspecified atom stereocenters. The number of phenols is 1. The molecule has 9 nitrogen and oxygen atoms in total. The smallest absolute Gasteiger partial charge is 0.269 e. The van der Waals surface area contributed by atoms with Gasteiger partial charge in [-0.3, -0.25) is 19.8 Å². The van der Waals surface area contributed by atoms with Crippen LogP contribution in [0.2, 0.25) is 0 Å². The van der Waals surface area contributed by atoms with Gasteiger partial charge in [0.05, 0.1) is 5.56 Å². The van der Waals surface area contributed by atoms with E-state index in [2.05, 4.69) is 15.6 Å². The summed E-state index contributed by atoms with van der Waals surface area (Å²) < 4.78 is 0. The number of hydrogen-bond donors (Lipinski definition) is 5. The van der Waals surface area contributed by atoms with Crippen molar-refractivity contribution in [2.75, 3.05) is 11.9 Å². The van der Waals surface area contributed by atoms with Crippen molar-refractivity contribution in [3.63, 3.8) is 0 Å². The molecular formula is C25H25N5O4. The molecule has 3 aromatic rings. The third kappa shape index (κ3) is 5.63. The molecule has 0 aliphatic carbocycles. The van der Waals surface area contributed by atoms with Crippen LogP contribution < -0.4 is 16.4 Å². The topological polar surface area (TPSA) is 158 Å². The lowest BCUT2D eigenvalue weighted by Gasteiger charge is -2.14. The number of rotatable bonds is 8. The maximum atomic E-state index is 13.0. The van der Waals surface area contributed by atoms with Gasteiger partial charge in [0.25, 0.3) is 11.8 Å². The summed E-state index contributed by atoms with van der Waals surface area (Å²) in [5, 5.41) is 22.9. The molecule has 2 aromatic carbocycles. The molecule has 34 heavy (non-hydrogen) atoms. The molecule has 0 bridgehead atoms. The second-order valence-corrected chi connectivity index (χ2v) is 8.03. The minimum atomic E-state index is -0.530. The predicted molar refractivity (Wildman–Crippen MR) is 129 cm³/mol. The van der Waals surface area contributed by atoms with Gasteiger partial charge in [-0.1, -0.05) is 13.8 Å². The van der Waals surface area contributed by atoms with Crippen LogP contribution in [-0.2, 0) is 0 Å². The Morgan fingerprint density at radius 3 is 2.35 bits per heavy atom. The van der Waals surface area contributed by atoms with Crippen molar-refractivity contribution in [2.24, 2.45) is 11.7 Å². The van der Waals surface area contributed by atoms with Crippen LogP contribution in [0.3, 0.4) is 0 Å². The van der Waals surface area contributed by atoms with Crippen LogP contribution >= 0.6 is 0 Å². The van der Waals surface area contributed by atoms with Crippen molar-refractivity contribution in [1.82, 2.24) is 10.3 Å². The van der Waals surface area contributed by atoms with Gasteiger partial charge in [0.2, 0.25) is 0 Å². The second kappa shape index (κ2) is 10.4. The Hall–Kier alpha value is -4.53. The third-order valence-corrected chi connectivity index (χ3v) is 4.93. The predicted octanol–water partition coefficient (Wildman–Crippen LogP) is 3.19. The SMILES string of the molecule is CC(C)CNC(=O)c1ccc(-c2ccc(O)cc2C(=O)Nc2ccc(C(=N)N)cc2)c(C=O)n1. The summed E-state index contributed by atoms with van der Waals surface area (Å²) in [7, 11) is 0. The summed E-state index contributed by atoms with van der Waals surface area (Å²) in [4.78, 5) is 41.4. The van der Waals surface area contributed by atoms with Crippen molar-refractivity contribution >= 4 is 29.6 Å². The van der Waals surface area contributed by atoms with Gasteiger partial charge in [0, 0.05) is 23.4 Å². The number of nitrogens with zero attached hydrogens (tertiary/aromatic N) is 1. The first-order chi connectivity index (χ1) is 16.2. The number of nitrogen functional groups attached to an aromatic ring is 1. The van der Waals surface area contributed by atoms with Crippen molar-refractivity contribution in [3.05, 3.63) is 77.1 Å². The molecule has 1 aromatic heterocycles. The number of nitrogens with two attached hydrogens (primary N) is 1. The van der Waals surface area contributed by atoms with E-state index in [-0.39, 0.29) is 34.5 Å². The molecule has 0 saturated carbocycles. The Morgan fingerprint density at radius 2 is 1.74 bits per heavy atom. The Kier molecular flexibility index (Phi) is 7.37. The van der Waals surface area contributed by atoms with E-state index < -0.39 is 11.8 Å². The normalized spacial score (nSPS) is 10.6. The van der Waals surface area contributed by atoms with Gasteiger partial charge in [0.15, 0.2) is 6.29 Å². The molecule has 0 saturated heterocycles. The van der Waals surface area contributed by atoms with Gasteiger partial charge in [-0.05, 0) is 66.1 Å². The van der Waals surface area contributed by atoms with E-state index in [4.69, 9.17) is 11.1 Å². The fourth-order valence-electron chi connectivity index (χ4n) is 3.19. The average Bonchev–Trinajstić information content (AvgIpc) is 2.82. The molecule has 0 aliphatic heterocycles. The number of nitrogens with one attached hydrogen (secondary N) is 3. The summed E-state index contributed by atoms with van der Waals surface area (Å²) >= 11 is 0. The summed E-state index contributed by atoms with van der Waals surface area (Å²) in [6.07, 6.45) is 0.517. The zero-order valence-corrected chi connectivity index (χ0v) is 18.8. The fraction of sp³-hybridized carbons (Fsp3) is 0.160. The quantitative estimate of drug-likeness (QED) is 0.198. The molecule has 9 heteroatoms. The first-order valence-electron chi connectivity index (χ1n) is 10.5. The number of aromatic hydroxyl groups is 1. The highest BCUT2D eigenvalue weighted by Gasteiger charge is 2.19. The number of anilines is 1. The largest absolute Gasteiger partial charge is 0.508 e. The number of benzene rings is 2. The van der Waals surface area contributed by atoms with Crippen LogP contribution in [0.4, 0.5) is 5.69 Å². The average molecular weight is 460 g/mol. The van der Waals surface area contributed by atoms with E-state index in [0.717, 1.165) is 0 Å². The van der Waals surface area contributed by atoms with Crippen LogP contribution in [-0.4, -0.2) is 40.6 Å². The van der Waals surface area contributed by atoms with E-state index >= 15 is 0 Å². The third-order valence-electron chi connectivity index (χ3n) is 4.93. The van der Waals surface area contributed by atoms with E-state index in [0.29, 0.717) is 35.2 Å². The van der Waals surface area contributed by atoms with Crippen molar-refractivity contribution in [2.45, 2.75) is 13.8 Å². The molecule has 0 radical (unpaired) electrons. The highest BCUT2D eigenvalue weighted by molar-refractivity contribution is 6.10. The molecule has 0 spiro atoms. The Bertz CT molecular complexity index is 1250. The van der Waals surface area contributed by atoms with Gasteiger partial charge in [0.1, 0.15) is 23.0 Å². The van der Waals surface area contributed by atoms with Crippen molar-refractivity contribution < 1.29 is 19.5 Å². The molecule has 1 heterocycles.